The monoisotopic (exact) mass is 309 g/mol. The Balaban J connectivity index is 1.80. The van der Waals surface area contributed by atoms with Crippen LogP contribution in [0.5, 0.6) is 5.75 Å². The fourth-order valence-electron chi connectivity index (χ4n) is 2.23. The van der Waals surface area contributed by atoms with Gasteiger partial charge in [0.15, 0.2) is 0 Å². The lowest BCUT2D eigenvalue weighted by Gasteiger charge is -2.08. The quantitative estimate of drug-likeness (QED) is 0.678. The lowest BCUT2D eigenvalue weighted by Crippen LogP contribution is -2.23. The van der Waals surface area contributed by atoms with Gasteiger partial charge in [0.1, 0.15) is 23.6 Å². The minimum atomic E-state index is -0.262. The normalized spacial score (nSPS) is 10.5. The van der Waals surface area contributed by atoms with Crippen LogP contribution in [-0.2, 0) is 6.54 Å². The maximum Gasteiger partial charge on any atom is 0.251 e. The second-order valence-electron chi connectivity index (χ2n) is 4.86. The number of aromatic nitrogens is 3. The number of anilines is 1. The number of pyridine rings is 1. The lowest BCUT2D eigenvalue weighted by molar-refractivity contribution is 0.0950. The molecule has 3 N–H and O–H groups in total. The van der Waals surface area contributed by atoms with E-state index in [0.29, 0.717) is 22.6 Å². The Labute approximate surface area is 132 Å². The van der Waals surface area contributed by atoms with Crippen molar-refractivity contribution in [3.63, 3.8) is 0 Å². The third kappa shape index (κ3) is 3.03. The standard InChI is InChI=1S/C16H15N5O2/c1-17-15-11-5-4-10(7-12(11)20-9-21-15)16(23)19-8-13-14(22)3-2-6-18-13/h2-7,9,22H,8H2,1H3,(H,19,23)(H,17,20,21). The number of hydrogen-bond donors (Lipinski definition) is 3. The second-order valence-corrected chi connectivity index (χ2v) is 4.86. The molecule has 1 amide bonds. The van der Waals surface area contributed by atoms with Gasteiger partial charge >= 0.3 is 0 Å². The highest BCUT2D eigenvalue weighted by atomic mass is 16.3. The Bertz CT molecular complexity index is 866. The van der Waals surface area contributed by atoms with Crippen LogP contribution in [0.4, 0.5) is 5.82 Å². The number of aromatic hydroxyl groups is 1. The molecule has 0 aliphatic rings. The second kappa shape index (κ2) is 6.27. The summed E-state index contributed by atoms with van der Waals surface area (Å²) >= 11 is 0. The van der Waals surface area contributed by atoms with Crippen LogP contribution in [0.25, 0.3) is 10.9 Å². The predicted molar refractivity (Wildman–Crippen MR) is 86.2 cm³/mol. The van der Waals surface area contributed by atoms with Gasteiger partial charge in [0.25, 0.3) is 5.91 Å². The van der Waals surface area contributed by atoms with E-state index >= 15 is 0 Å². The van der Waals surface area contributed by atoms with E-state index in [0.717, 1.165) is 5.39 Å². The van der Waals surface area contributed by atoms with Crippen molar-refractivity contribution in [1.29, 1.82) is 0 Å². The third-order valence-corrected chi connectivity index (χ3v) is 3.42. The minimum absolute atomic E-state index is 0.0534. The van der Waals surface area contributed by atoms with E-state index in [1.165, 1.54) is 12.4 Å². The van der Waals surface area contributed by atoms with Crippen LogP contribution in [0.2, 0.25) is 0 Å². The summed E-state index contributed by atoms with van der Waals surface area (Å²) in [5.74, 6) is 0.500. The van der Waals surface area contributed by atoms with Crippen molar-refractivity contribution in [3.05, 3.63) is 54.1 Å². The molecule has 0 spiro atoms. The fourth-order valence-corrected chi connectivity index (χ4v) is 2.23. The van der Waals surface area contributed by atoms with Crippen LogP contribution in [-0.4, -0.2) is 33.0 Å². The number of carbonyl (C=O) groups excluding carboxylic acids is 1. The van der Waals surface area contributed by atoms with E-state index in [1.54, 1.807) is 37.5 Å². The number of fused-ring (bicyclic) bond motifs is 1. The highest BCUT2D eigenvalue weighted by Crippen LogP contribution is 2.20. The average Bonchev–Trinajstić information content (AvgIpc) is 2.59. The van der Waals surface area contributed by atoms with E-state index in [2.05, 4.69) is 25.6 Å². The van der Waals surface area contributed by atoms with Crippen molar-refractivity contribution in [1.82, 2.24) is 20.3 Å². The predicted octanol–water partition coefficient (Wildman–Crippen LogP) is 1.70. The highest BCUT2D eigenvalue weighted by Gasteiger charge is 2.10. The average molecular weight is 309 g/mol. The molecule has 0 saturated carbocycles. The molecule has 7 heteroatoms. The van der Waals surface area contributed by atoms with Gasteiger partial charge in [0.05, 0.1) is 12.1 Å². The van der Waals surface area contributed by atoms with Crippen LogP contribution in [0, 0.1) is 0 Å². The van der Waals surface area contributed by atoms with Crippen molar-refractivity contribution in [2.75, 3.05) is 12.4 Å². The van der Waals surface area contributed by atoms with Gasteiger partial charge in [0.2, 0.25) is 0 Å². The number of rotatable bonds is 4. The first kappa shape index (κ1) is 14.7. The maximum absolute atomic E-state index is 12.2. The Morgan fingerprint density at radius 2 is 2.09 bits per heavy atom. The largest absolute Gasteiger partial charge is 0.506 e. The van der Waals surface area contributed by atoms with Gasteiger partial charge in [-0.15, -0.1) is 0 Å². The number of carbonyl (C=O) groups is 1. The number of hydrogen-bond acceptors (Lipinski definition) is 6. The zero-order valence-corrected chi connectivity index (χ0v) is 12.4. The van der Waals surface area contributed by atoms with Gasteiger partial charge in [0, 0.05) is 24.2 Å². The molecule has 116 valence electrons. The molecule has 0 aliphatic carbocycles. The van der Waals surface area contributed by atoms with Gasteiger partial charge in [-0.3, -0.25) is 9.78 Å². The Morgan fingerprint density at radius 3 is 2.87 bits per heavy atom. The van der Waals surface area contributed by atoms with Gasteiger partial charge in [-0.1, -0.05) is 0 Å². The van der Waals surface area contributed by atoms with Crippen molar-refractivity contribution < 1.29 is 9.90 Å². The van der Waals surface area contributed by atoms with Crippen LogP contribution in [0.1, 0.15) is 16.1 Å². The number of nitrogens with zero attached hydrogens (tertiary/aromatic N) is 3. The molecule has 0 atom stereocenters. The maximum atomic E-state index is 12.2. The van der Waals surface area contributed by atoms with Crippen molar-refractivity contribution >= 4 is 22.6 Å². The van der Waals surface area contributed by atoms with E-state index < -0.39 is 0 Å². The van der Waals surface area contributed by atoms with Gasteiger partial charge in [-0.05, 0) is 30.3 Å². The first-order valence-corrected chi connectivity index (χ1v) is 7.02. The number of amides is 1. The van der Waals surface area contributed by atoms with E-state index in [1.807, 2.05) is 0 Å². The summed E-state index contributed by atoms with van der Waals surface area (Å²) in [4.78, 5) is 24.6. The molecule has 0 aliphatic heterocycles. The Morgan fingerprint density at radius 1 is 1.22 bits per heavy atom. The number of benzene rings is 1. The van der Waals surface area contributed by atoms with Gasteiger partial charge in [-0.2, -0.15) is 0 Å². The first-order valence-electron chi connectivity index (χ1n) is 7.02. The third-order valence-electron chi connectivity index (χ3n) is 3.42. The summed E-state index contributed by atoms with van der Waals surface area (Å²) in [5, 5.41) is 16.2. The summed E-state index contributed by atoms with van der Waals surface area (Å²) in [5.41, 5.74) is 1.58. The van der Waals surface area contributed by atoms with E-state index in [4.69, 9.17) is 0 Å². The topological polar surface area (TPSA) is 100 Å². The molecule has 23 heavy (non-hydrogen) atoms. The number of nitrogens with one attached hydrogen (secondary N) is 2. The van der Waals surface area contributed by atoms with Crippen LogP contribution >= 0.6 is 0 Å². The first-order chi connectivity index (χ1) is 11.2. The molecule has 3 aromatic rings. The van der Waals surface area contributed by atoms with Crippen LogP contribution < -0.4 is 10.6 Å². The zero-order valence-electron chi connectivity index (χ0n) is 12.4. The molecule has 2 aromatic heterocycles. The Kier molecular flexibility index (Phi) is 4.01. The van der Waals surface area contributed by atoms with E-state index in [9.17, 15) is 9.90 Å². The summed E-state index contributed by atoms with van der Waals surface area (Å²) in [6, 6.07) is 8.36. The summed E-state index contributed by atoms with van der Waals surface area (Å²) < 4.78 is 0. The molecule has 0 unspecified atom stereocenters. The summed E-state index contributed by atoms with van der Waals surface area (Å²) in [6.07, 6.45) is 3.01. The van der Waals surface area contributed by atoms with Gasteiger partial charge in [-0.25, -0.2) is 9.97 Å². The summed E-state index contributed by atoms with van der Waals surface area (Å²) in [6.45, 7) is 0.148. The molecule has 0 radical (unpaired) electrons. The molecule has 1 aromatic carbocycles. The molecular weight excluding hydrogens is 294 g/mol. The smallest absolute Gasteiger partial charge is 0.251 e. The zero-order chi connectivity index (χ0) is 16.2. The molecular formula is C16H15N5O2. The van der Waals surface area contributed by atoms with Crippen molar-refractivity contribution in [2.45, 2.75) is 6.54 Å². The van der Waals surface area contributed by atoms with Crippen LogP contribution in [0.3, 0.4) is 0 Å². The molecule has 0 fully saturated rings. The molecule has 7 nitrogen and oxygen atoms in total. The molecule has 3 rings (SSSR count). The van der Waals surface area contributed by atoms with Gasteiger partial charge < -0.3 is 15.7 Å². The van der Waals surface area contributed by atoms with Crippen molar-refractivity contribution in [2.24, 2.45) is 0 Å². The highest BCUT2D eigenvalue weighted by molar-refractivity contribution is 5.99. The molecule has 2 heterocycles. The lowest BCUT2D eigenvalue weighted by atomic mass is 10.1. The SMILES string of the molecule is CNc1ncnc2cc(C(=O)NCc3ncccc3O)ccc12. The van der Waals surface area contributed by atoms with Crippen molar-refractivity contribution in [3.8, 4) is 5.75 Å². The minimum Gasteiger partial charge on any atom is -0.506 e. The van der Waals surface area contributed by atoms with E-state index in [-0.39, 0.29) is 18.2 Å². The summed E-state index contributed by atoms with van der Waals surface area (Å²) in [7, 11) is 1.78. The molecule has 0 saturated heterocycles. The fraction of sp³-hybridized carbons (Fsp3) is 0.125. The van der Waals surface area contributed by atoms with Crippen LogP contribution in [0.15, 0.2) is 42.9 Å². The molecule has 0 bridgehead atoms. The Hall–Kier alpha value is -3.22.